The predicted molar refractivity (Wildman–Crippen MR) is 73.8 cm³/mol. The molecule has 13 heavy (non-hydrogen) atoms. The Morgan fingerprint density at radius 2 is 0.923 bits per heavy atom. The summed E-state index contributed by atoms with van der Waals surface area (Å²) in [6, 6.07) is 4.04. The molecule has 0 spiro atoms. The minimum absolute atomic E-state index is 0.637. The van der Waals surface area contributed by atoms with Crippen molar-refractivity contribution in [3.8, 4) is 0 Å². The first kappa shape index (κ1) is 16.7. The topological polar surface area (TPSA) is 0 Å². The van der Waals surface area contributed by atoms with Gasteiger partial charge in [0.25, 0.3) is 0 Å². The molecule has 0 fully saturated rings. The summed E-state index contributed by atoms with van der Waals surface area (Å²) >= 11 is 0.440. The van der Waals surface area contributed by atoms with Crippen molar-refractivity contribution in [3.63, 3.8) is 0 Å². The van der Waals surface area contributed by atoms with E-state index in [1.807, 2.05) is 22.9 Å². The van der Waals surface area contributed by atoms with Gasteiger partial charge in [-0.1, -0.05) is 12.1 Å². The molecule has 0 amide bonds. The monoisotopic (exact) mass is 416 g/mol. The van der Waals surface area contributed by atoms with E-state index >= 15 is 0 Å². The minimum Gasteiger partial charge on any atom is -0.152 e. The van der Waals surface area contributed by atoms with Crippen LogP contribution in [0.25, 0.3) is 0 Å². The van der Waals surface area contributed by atoms with Gasteiger partial charge in [-0.2, -0.15) is 11.3 Å². The maximum atomic E-state index is 2.38. The van der Waals surface area contributed by atoms with Crippen molar-refractivity contribution in [1.82, 2.24) is 0 Å². The Balaban J connectivity index is 0. The van der Waals surface area contributed by atoms with Crippen LogP contribution in [-0.4, -0.2) is 39.5 Å². The van der Waals surface area contributed by atoms with Gasteiger partial charge in [0.2, 0.25) is 0 Å². The third-order valence-electron chi connectivity index (χ3n) is 0.425. The van der Waals surface area contributed by atoms with E-state index in [1.54, 1.807) is 11.3 Å². The third kappa shape index (κ3) is 42.8. The molecule has 0 radical (unpaired) electrons. The standard InChI is InChI=1S/C4H4S.6CH3.2Sn.2H/c1-2-4-5-3-1;;;;;;;;;;/h1-4H;6*1H3;;;;. The number of thiophene rings is 1. The summed E-state index contributed by atoms with van der Waals surface area (Å²) in [5.74, 6) is 0. The fourth-order valence-electron chi connectivity index (χ4n) is 0.227. The Hall–Kier alpha value is 1.30. The summed E-state index contributed by atoms with van der Waals surface area (Å²) in [5.41, 5.74) is 0. The van der Waals surface area contributed by atoms with Crippen molar-refractivity contribution in [1.29, 1.82) is 0 Å². The van der Waals surface area contributed by atoms with Gasteiger partial charge in [-0.25, -0.2) is 0 Å². The quantitative estimate of drug-likeness (QED) is 0.565. The average molecular weight is 414 g/mol. The predicted octanol–water partition coefficient (Wildman–Crippen LogP) is 3.95. The maximum Gasteiger partial charge on any atom is -0.00934 e. The molecule has 0 aliphatic rings. The van der Waals surface area contributed by atoms with Gasteiger partial charge in [0.1, 0.15) is 0 Å². The van der Waals surface area contributed by atoms with Crippen molar-refractivity contribution in [2.45, 2.75) is 29.6 Å². The first-order valence-electron chi connectivity index (χ1n) is 4.94. The third-order valence-corrected chi connectivity index (χ3v) is 1.05. The fourth-order valence-corrected chi connectivity index (χ4v) is 0.680. The molecule has 1 aromatic rings. The Morgan fingerprint density at radius 3 is 1.00 bits per heavy atom. The Bertz CT molecular complexity index is 119. The summed E-state index contributed by atoms with van der Waals surface area (Å²) in [6.45, 7) is 0. The molecular formula is C10H24SSn2. The summed E-state index contributed by atoms with van der Waals surface area (Å²) in [7, 11) is 0. The van der Waals surface area contributed by atoms with Crippen molar-refractivity contribution in [2.24, 2.45) is 0 Å². The molecule has 0 aliphatic carbocycles. The molecule has 3 heteroatoms. The number of hydrogen-bond donors (Lipinski definition) is 0. The van der Waals surface area contributed by atoms with E-state index in [0.29, 0.717) is 0 Å². The molecular weight excluding hydrogens is 390 g/mol. The minimum atomic E-state index is -0.637. The van der Waals surface area contributed by atoms with Gasteiger partial charge in [0.05, 0.1) is 0 Å². The van der Waals surface area contributed by atoms with Crippen molar-refractivity contribution < 1.29 is 0 Å². The number of rotatable bonds is 0. The fraction of sp³-hybridized carbons (Fsp3) is 0.600. The van der Waals surface area contributed by atoms with E-state index in [2.05, 4.69) is 29.6 Å². The first-order chi connectivity index (χ1) is 5.96. The van der Waals surface area contributed by atoms with Crippen LogP contribution >= 0.6 is 11.3 Å². The van der Waals surface area contributed by atoms with Gasteiger partial charge in [-0.15, -0.1) is 0 Å². The smallest absolute Gasteiger partial charge is 0.00934 e. The average Bonchev–Trinajstić information content (AvgIpc) is 2.35. The van der Waals surface area contributed by atoms with E-state index in [1.165, 1.54) is 0 Å². The van der Waals surface area contributed by atoms with E-state index in [4.69, 9.17) is 0 Å². The van der Waals surface area contributed by atoms with Crippen LogP contribution in [0, 0.1) is 0 Å². The Kier molecular flexibility index (Phi) is 17.1. The molecule has 0 bridgehead atoms. The first-order valence-corrected chi connectivity index (χ1v) is 25.7. The largest absolute Gasteiger partial charge is 0.152 e. The van der Waals surface area contributed by atoms with E-state index in [9.17, 15) is 0 Å². The van der Waals surface area contributed by atoms with Crippen LogP contribution in [0.2, 0.25) is 29.6 Å². The van der Waals surface area contributed by atoms with Crippen LogP contribution in [0.5, 0.6) is 0 Å². The van der Waals surface area contributed by atoms with Gasteiger partial charge in [-0.05, 0) is 10.8 Å². The molecule has 0 aliphatic heterocycles. The van der Waals surface area contributed by atoms with Gasteiger partial charge in [0, 0.05) is 0 Å². The maximum absolute atomic E-state index is 2.38. The summed E-state index contributed by atoms with van der Waals surface area (Å²) in [5, 5.41) is 4.08. The van der Waals surface area contributed by atoms with Crippen LogP contribution in [0.1, 0.15) is 0 Å². The normalized spacial score (nSPS) is 8.62. The molecule has 0 aromatic carbocycles. The second-order valence-electron chi connectivity index (χ2n) is 4.26. The van der Waals surface area contributed by atoms with Crippen LogP contribution in [0.15, 0.2) is 22.9 Å². The molecule has 0 saturated heterocycles. The molecule has 1 heterocycles. The van der Waals surface area contributed by atoms with Crippen LogP contribution in [0.4, 0.5) is 0 Å². The van der Waals surface area contributed by atoms with Gasteiger partial charge < -0.3 is 0 Å². The van der Waals surface area contributed by atoms with E-state index < -0.39 is 39.5 Å². The summed E-state index contributed by atoms with van der Waals surface area (Å²) in [4.78, 5) is 14.3. The van der Waals surface area contributed by atoms with Crippen molar-refractivity contribution in [3.05, 3.63) is 22.9 Å². The van der Waals surface area contributed by atoms with Crippen LogP contribution < -0.4 is 0 Å². The molecule has 1 aromatic heterocycles. The molecule has 0 nitrogen and oxygen atoms in total. The SMILES string of the molecule is [CH3][SnH]([CH3])[CH3].[CH3][SnH]([CH3])[CH3].c1ccsc1. The molecule has 0 atom stereocenters. The van der Waals surface area contributed by atoms with E-state index in [0.717, 1.165) is 0 Å². The van der Waals surface area contributed by atoms with Crippen LogP contribution in [0.3, 0.4) is 0 Å². The Labute approximate surface area is 102 Å². The molecule has 1 rings (SSSR count). The second-order valence-corrected chi connectivity index (χ2v) is 24.8. The van der Waals surface area contributed by atoms with Crippen molar-refractivity contribution >= 4 is 50.9 Å². The zero-order valence-corrected chi connectivity index (χ0v) is 17.3. The molecule has 78 valence electrons. The number of hydrogen-bond acceptors (Lipinski definition) is 1. The summed E-state index contributed by atoms with van der Waals surface area (Å²) < 4.78 is 0. The molecule has 0 unspecified atom stereocenters. The van der Waals surface area contributed by atoms with Gasteiger partial charge in [-0.3, -0.25) is 0 Å². The van der Waals surface area contributed by atoms with Crippen molar-refractivity contribution in [2.75, 3.05) is 0 Å². The van der Waals surface area contributed by atoms with Gasteiger partial charge in [0.15, 0.2) is 0 Å². The zero-order valence-electron chi connectivity index (χ0n) is 9.87. The molecule has 0 saturated carbocycles. The van der Waals surface area contributed by atoms with E-state index in [-0.39, 0.29) is 0 Å². The van der Waals surface area contributed by atoms with Gasteiger partial charge >= 0.3 is 69.2 Å². The Morgan fingerprint density at radius 1 is 0.692 bits per heavy atom. The molecule has 0 N–H and O–H groups in total. The summed E-state index contributed by atoms with van der Waals surface area (Å²) in [6.07, 6.45) is 0. The zero-order chi connectivity index (χ0) is 10.7. The second kappa shape index (κ2) is 13.3. The van der Waals surface area contributed by atoms with Crippen LogP contribution in [-0.2, 0) is 0 Å².